The van der Waals surface area contributed by atoms with Crippen LogP contribution in [0.3, 0.4) is 0 Å². The first-order valence-corrected chi connectivity index (χ1v) is 7.79. The minimum Gasteiger partial charge on any atom is -0.311 e. The predicted octanol–water partition coefficient (Wildman–Crippen LogP) is 5.14. The molecule has 0 N–H and O–H groups in total. The zero-order valence-electron chi connectivity index (χ0n) is 11.8. The highest BCUT2D eigenvalue weighted by molar-refractivity contribution is 7.21. The van der Waals surface area contributed by atoms with E-state index in [1.165, 1.54) is 16.9 Å². The lowest BCUT2D eigenvalue weighted by atomic mass is 10.2. The number of fused-ring (bicyclic) bond motifs is 1. The van der Waals surface area contributed by atoms with Crippen molar-refractivity contribution < 1.29 is 4.79 Å². The number of carbonyl (C=O) groups excluding carboxylic acids is 1. The van der Waals surface area contributed by atoms with Gasteiger partial charge in [-0.25, -0.2) is 0 Å². The summed E-state index contributed by atoms with van der Waals surface area (Å²) in [6, 6.07) is 15.7. The van der Waals surface area contributed by atoms with Crippen LogP contribution in [-0.4, -0.2) is 13.0 Å². The van der Waals surface area contributed by atoms with E-state index in [0.29, 0.717) is 9.90 Å². The lowest BCUT2D eigenvalue weighted by molar-refractivity contribution is 0.0997. The summed E-state index contributed by atoms with van der Waals surface area (Å²) in [5.41, 5.74) is 2.03. The average molecular weight is 316 g/mol. The summed E-state index contributed by atoms with van der Waals surface area (Å²) < 4.78 is 1.03. The highest BCUT2D eigenvalue weighted by Gasteiger charge is 2.21. The summed E-state index contributed by atoms with van der Waals surface area (Å²) in [6.45, 7) is 2.02. The third-order valence-corrected chi connectivity index (χ3v) is 5.12. The van der Waals surface area contributed by atoms with Crippen LogP contribution in [0.15, 0.2) is 48.5 Å². The fourth-order valence-corrected chi connectivity index (χ4v) is 3.68. The third kappa shape index (κ3) is 2.55. The van der Waals surface area contributed by atoms with E-state index < -0.39 is 0 Å². The van der Waals surface area contributed by atoms with Crippen molar-refractivity contribution in [2.45, 2.75) is 6.92 Å². The molecule has 0 aliphatic heterocycles. The Labute approximate surface area is 132 Å². The Kier molecular flexibility index (Phi) is 3.70. The minimum absolute atomic E-state index is 0.0787. The van der Waals surface area contributed by atoms with Crippen LogP contribution in [0, 0.1) is 6.92 Å². The van der Waals surface area contributed by atoms with E-state index in [2.05, 4.69) is 0 Å². The van der Waals surface area contributed by atoms with Gasteiger partial charge in [0.05, 0.1) is 5.02 Å². The molecule has 4 heteroatoms. The molecule has 0 aliphatic rings. The molecular formula is C17H14ClNOS. The van der Waals surface area contributed by atoms with E-state index >= 15 is 0 Å². The number of anilines is 1. The summed E-state index contributed by atoms with van der Waals surface area (Å²) in [4.78, 5) is 14.9. The normalized spacial score (nSPS) is 10.8. The van der Waals surface area contributed by atoms with Gasteiger partial charge in [-0.05, 0) is 25.1 Å². The Morgan fingerprint density at radius 1 is 1.10 bits per heavy atom. The van der Waals surface area contributed by atoms with Crippen molar-refractivity contribution in [1.82, 2.24) is 0 Å². The molecular weight excluding hydrogens is 302 g/mol. The SMILES string of the molecule is Cc1ccc(N(C)C(=O)c2sc3ccccc3c2Cl)cc1. The Morgan fingerprint density at radius 2 is 1.76 bits per heavy atom. The first-order valence-electron chi connectivity index (χ1n) is 6.59. The number of benzene rings is 2. The maximum Gasteiger partial charge on any atom is 0.269 e. The Morgan fingerprint density at radius 3 is 2.43 bits per heavy atom. The van der Waals surface area contributed by atoms with Crippen molar-refractivity contribution >= 4 is 44.6 Å². The molecule has 0 fully saturated rings. The standard InChI is InChI=1S/C17H14ClNOS/c1-11-7-9-12(10-8-11)19(2)17(20)16-15(18)13-5-3-4-6-14(13)21-16/h3-10H,1-2H3. The number of hydrogen-bond donors (Lipinski definition) is 0. The van der Waals surface area contributed by atoms with Crippen LogP contribution in [0.2, 0.25) is 5.02 Å². The number of aryl methyl sites for hydroxylation is 1. The average Bonchev–Trinajstić information content (AvgIpc) is 2.84. The highest BCUT2D eigenvalue weighted by atomic mass is 35.5. The van der Waals surface area contributed by atoms with Crippen LogP contribution in [0.5, 0.6) is 0 Å². The molecule has 1 amide bonds. The Bertz CT molecular complexity index is 807. The highest BCUT2D eigenvalue weighted by Crippen LogP contribution is 2.36. The maximum absolute atomic E-state index is 12.7. The van der Waals surface area contributed by atoms with Crippen LogP contribution in [0.1, 0.15) is 15.2 Å². The van der Waals surface area contributed by atoms with E-state index in [-0.39, 0.29) is 5.91 Å². The summed E-state index contributed by atoms with van der Waals surface area (Å²) >= 11 is 7.81. The van der Waals surface area contributed by atoms with Gasteiger partial charge >= 0.3 is 0 Å². The lowest BCUT2D eigenvalue weighted by Crippen LogP contribution is -2.25. The van der Waals surface area contributed by atoms with Gasteiger partial charge in [-0.1, -0.05) is 47.5 Å². The molecule has 2 aromatic carbocycles. The lowest BCUT2D eigenvalue weighted by Gasteiger charge is -2.16. The summed E-state index contributed by atoms with van der Waals surface area (Å²) in [5.74, 6) is -0.0787. The monoisotopic (exact) mass is 315 g/mol. The van der Waals surface area contributed by atoms with Gasteiger partial charge in [0.2, 0.25) is 0 Å². The quantitative estimate of drug-likeness (QED) is 0.641. The van der Waals surface area contributed by atoms with Gasteiger partial charge in [0, 0.05) is 22.8 Å². The van der Waals surface area contributed by atoms with Crippen LogP contribution in [-0.2, 0) is 0 Å². The predicted molar refractivity (Wildman–Crippen MR) is 90.7 cm³/mol. The van der Waals surface area contributed by atoms with E-state index in [9.17, 15) is 4.79 Å². The molecule has 0 aliphatic carbocycles. The fourth-order valence-electron chi connectivity index (χ4n) is 2.19. The summed E-state index contributed by atoms with van der Waals surface area (Å²) in [6.07, 6.45) is 0. The second-order valence-electron chi connectivity index (χ2n) is 4.94. The zero-order valence-corrected chi connectivity index (χ0v) is 13.3. The van der Waals surface area contributed by atoms with Crippen LogP contribution >= 0.6 is 22.9 Å². The largest absolute Gasteiger partial charge is 0.311 e. The van der Waals surface area contributed by atoms with Gasteiger partial charge in [-0.2, -0.15) is 0 Å². The number of thiophene rings is 1. The number of halogens is 1. The van der Waals surface area contributed by atoms with Gasteiger partial charge in [0.25, 0.3) is 5.91 Å². The van der Waals surface area contributed by atoms with Crippen molar-refractivity contribution in [3.63, 3.8) is 0 Å². The summed E-state index contributed by atoms with van der Waals surface area (Å²) in [7, 11) is 1.77. The van der Waals surface area contributed by atoms with Gasteiger partial charge in [0.15, 0.2) is 0 Å². The van der Waals surface area contributed by atoms with Crippen LogP contribution in [0.25, 0.3) is 10.1 Å². The molecule has 2 nitrogen and oxygen atoms in total. The van der Waals surface area contributed by atoms with Crippen LogP contribution < -0.4 is 4.90 Å². The molecule has 0 unspecified atom stereocenters. The molecule has 0 atom stereocenters. The molecule has 106 valence electrons. The van der Waals surface area contributed by atoms with Crippen molar-refractivity contribution in [2.75, 3.05) is 11.9 Å². The van der Waals surface area contributed by atoms with Crippen molar-refractivity contribution in [3.8, 4) is 0 Å². The number of amides is 1. The Balaban J connectivity index is 2.00. The Hall–Kier alpha value is -1.84. The zero-order chi connectivity index (χ0) is 15.0. The molecule has 0 bridgehead atoms. The van der Waals surface area contributed by atoms with Crippen molar-refractivity contribution in [2.24, 2.45) is 0 Å². The minimum atomic E-state index is -0.0787. The van der Waals surface area contributed by atoms with Crippen LogP contribution in [0.4, 0.5) is 5.69 Å². The molecule has 0 saturated carbocycles. The molecule has 0 spiro atoms. The van der Waals surface area contributed by atoms with Crippen molar-refractivity contribution in [3.05, 3.63) is 64.0 Å². The van der Waals surface area contributed by atoms with E-state index in [4.69, 9.17) is 11.6 Å². The molecule has 3 aromatic rings. The molecule has 0 saturated heterocycles. The van der Waals surface area contributed by atoms with Gasteiger partial charge in [-0.15, -0.1) is 11.3 Å². The first-order chi connectivity index (χ1) is 10.1. The van der Waals surface area contributed by atoms with Gasteiger partial charge in [0.1, 0.15) is 4.88 Å². The van der Waals surface area contributed by atoms with Gasteiger partial charge in [-0.3, -0.25) is 4.79 Å². The maximum atomic E-state index is 12.7. The smallest absolute Gasteiger partial charge is 0.269 e. The molecule has 1 aromatic heterocycles. The van der Waals surface area contributed by atoms with Crippen molar-refractivity contribution in [1.29, 1.82) is 0 Å². The molecule has 0 radical (unpaired) electrons. The number of nitrogens with zero attached hydrogens (tertiary/aromatic N) is 1. The number of carbonyl (C=O) groups is 1. The van der Waals surface area contributed by atoms with E-state index in [1.54, 1.807) is 11.9 Å². The number of rotatable bonds is 2. The fraction of sp³-hybridized carbons (Fsp3) is 0.118. The number of hydrogen-bond acceptors (Lipinski definition) is 2. The van der Waals surface area contributed by atoms with E-state index in [0.717, 1.165) is 15.8 Å². The molecule has 21 heavy (non-hydrogen) atoms. The molecule has 3 rings (SSSR count). The second kappa shape index (κ2) is 5.51. The first kappa shape index (κ1) is 14.1. The summed E-state index contributed by atoms with van der Waals surface area (Å²) in [5, 5.41) is 1.48. The second-order valence-corrected chi connectivity index (χ2v) is 6.37. The molecule has 1 heterocycles. The topological polar surface area (TPSA) is 20.3 Å². The van der Waals surface area contributed by atoms with E-state index in [1.807, 2.05) is 55.5 Å². The van der Waals surface area contributed by atoms with Gasteiger partial charge < -0.3 is 4.90 Å². The third-order valence-electron chi connectivity index (χ3n) is 3.46.